The quantitative estimate of drug-likeness (QED) is 0.691. The van der Waals surface area contributed by atoms with E-state index < -0.39 is 6.10 Å². The molecule has 0 radical (unpaired) electrons. The Morgan fingerprint density at radius 2 is 1.50 bits per heavy atom. The van der Waals surface area contributed by atoms with Crippen molar-refractivity contribution in [3.8, 4) is 11.1 Å². The SMILES string of the molecule is OC1c2ccccc2-c2ccc(N=Cc3ccccc3)cc21. The van der Waals surface area contributed by atoms with Crippen molar-refractivity contribution in [1.29, 1.82) is 0 Å². The lowest BCUT2D eigenvalue weighted by molar-refractivity contribution is 0.225. The van der Waals surface area contributed by atoms with Crippen LogP contribution in [0, 0.1) is 0 Å². The fraction of sp³-hybridized carbons (Fsp3) is 0.0500. The largest absolute Gasteiger partial charge is 0.384 e. The molecule has 3 aromatic carbocycles. The predicted molar refractivity (Wildman–Crippen MR) is 89.6 cm³/mol. The van der Waals surface area contributed by atoms with Crippen molar-refractivity contribution in [3.05, 3.63) is 89.5 Å². The molecule has 2 heteroatoms. The number of aliphatic imine (C=N–C) groups is 1. The molecule has 0 spiro atoms. The summed E-state index contributed by atoms with van der Waals surface area (Å²) < 4.78 is 0. The van der Waals surface area contributed by atoms with Crippen LogP contribution < -0.4 is 0 Å². The van der Waals surface area contributed by atoms with Gasteiger partial charge in [0.25, 0.3) is 0 Å². The van der Waals surface area contributed by atoms with Crippen LogP contribution in [0.4, 0.5) is 5.69 Å². The molecular weight excluding hydrogens is 270 g/mol. The Balaban J connectivity index is 1.71. The van der Waals surface area contributed by atoms with Gasteiger partial charge in [-0.2, -0.15) is 0 Å². The summed E-state index contributed by atoms with van der Waals surface area (Å²) in [7, 11) is 0. The van der Waals surface area contributed by atoms with Crippen molar-refractivity contribution < 1.29 is 5.11 Å². The molecule has 0 aliphatic heterocycles. The molecule has 1 aliphatic rings. The second-order valence-electron chi connectivity index (χ2n) is 5.43. The molecule has 0 aromatic heterocycles. The highest BCUT2D eigenvalue weighted by Gasteiger charge is 2.26. The molecule has 0 amide bonds. The van der Waals surface area contributed by atoms with Crippen molar-refractivity contribution in [2.24, 2.45) is 4.99 Å². The summed E-state index contributed by atoms with van der Waals surface area (Å²) in [4.78, 5) is 4.52. The van der Waals surface area contributed by atoms with Crippen LogP contribution in [-0.2, 0) is 0 Å². The zero-order valence-electron chi connectivity index (χ0n) is 12.0. The summed E-state index contributed by atoms with van der Waals surface area (Å²) in [6.07, 6.45) is 1.29. The lowest BCUT2D eigenvalue weighted by atomic mass is 10.1. The van der Waals surface area contributed by atoms with E-state index in [1.54, 1.807) is 0 Å². The molecule has 0 saturated carbocycles. The minimum Gasteiger partial charge on any atom is -0.384 e. The number of fused-ring (bicyclic) bond motifs is 3. The zero-order chi connectivity index (χ0) is 14.9. The van der Waals surface area contributed by atoms with E-state index in [0.29, 0.717) is 0 Å². The average molecular weight is 285 g/mol. The van der Waals surface area contributed by atoms with Gasteiger partial charge in [0, 0.05) is 6.21 Å². The van der Waals surface area contributed by atoms with Crippen LogP contribution in [0.2, 0.25) is 0 Å². The smallest absolute Gasteiger partial charge is 0.105 e. The standard InChI is InChI=1S/C20H15NO/c22-20-18-9-5-4-8-16(18)17-11-10-15(12-19(17)20)21-13-14-6-2-1-3-7-14/h1-13,20,22H. The van der Waals surface area contributed by atoms with Crippen LogP contribution in [-0.4, -0.2) is 11.3 Å². The third kappa shape index (κ3) is 2.14. The molecule has 1 aliphatic carbocycles. The van der Waals surface area contributed by atoms with E-state index in [1.807, 2.05) is 72.9 Å². The first-order valence-corrected chi connectivity index (χ1v) is 7.33. The number of aliphatic hydroxyl groups excluding tert-OH is 1. The molecule has 0 heterocycles. The summed E-state index contributed by atoms with van der Waals surface area (Å²) >= 11 is 0. The van der Waals surface area contributed by atoms with Gasteiger partial charge in [-0.05, 0) is 39.9 Å². The molecule has 1 unspecified atom stereocenters. The predicted octanol–water partition coefficient (Wildman–Crippen LogP) is 4.50. The maximum Gasteiger partial charge on any atom is 0.105 e. The Labute approximate surface area is 129 Å². The molecule has 0 fully saturated rings. The topological polar surface area (TPSA) is 32.6 Å². The van der Waals surface area contributed by atoms with Gasteiger partial charge < -0.3 is 5.11 Å². The minimum absolute atomic E-state index is 0.557. The van der Waals surface area contributed by atoms with Crippen LogP contribution in [0.25, 0.3) is 11.1 Å². The van der Waals surface area contributed by atoms with Crippen LogP contribution in [0.3, 0.4) is 0 Å². The van der Waals surface area contributed by atoms with E-state index in [2.05, 4.69) is 11.1 Å². The third-order valence-electron chi connectivity index (χ3n) is 4.04. The van der Waals surface area contributed by atoms with E-state index in [-0.39, 0.29) is 0 Å². The molecule has 1 N–H and O–H groups in total. The highest BCUT2D eigenvalue weighted by atomic mass is 16.3. The Morgan fingerprint density at radius 1 is 0.773 bits per heavy atom. The van der Waals surface area contributed by atoms with Crippen LogP contribution in [0.1, 0.15) is 22.8 Å². The first-order valence-electron chi connectivity index (χ1n) is 7.33. The van der Waals surface area contributed by atoms with Gasteiger partial charge in [0.15, 0.2) is 0 Å². The van der Waals surface area contributed by atoms with Crippen molar-refractivity contribution in [2.75, 3.05) is 0 Å². The first-order chi connectivity index (χ1) is 10.8. The van der Waals surface area contributed by atoms with Gasteiger partial charge in [-0.3, -0.25) is 4.99 Å². The highest BCUT2D eigenvalue weighted by molar-refractivity contribution is 5.83. The summed E-state index contributed by atoms with van der Waals surface area (Å²) in [5.74, 6) is 0. The molecular formula is C20H15NO. The Hall–Kier alpha value is -2.71. The van der Waals surface area contributed by atoms with Crippen LogP contribution in [0.15, 0.2) is 77.8 Å². The second-order valence-corrected chi connectivity index (χ2v) is 5.43. The van der Waals surface area contributed by atoms with E-state index in [4.69, 9.17) is 0 Å². The Kier molecular flexibility index (Phi) is 3.10. The van der Waals surface area contributed by atoms with Gasteiger partial charge in [-0.15, -0.1) is 0 Å². The van der Waals surface area contributed by atoms with Gasteiger partial charge in [0.2, 0.25) is 0 Å². The van der Waals surface area contributed by atoms with E-state index in [9.17, 15) is 5.11 Å². The van der Waals surface area contributed by atoms with Crippen molar-refractivity contribution in [3.63, 3.8) is 0 Å². The Morgan fingerprint density at radius 3 is 2.36 bits per heavy atom. The highest BCUT2D eigenvalue weighted by Crippen LogP contribution is 2.44. The average Bonchev–Trinajstić information content (AvgIpc) is 2.87. The number of hydrogen-bond donors (Lipinski definition) is 1. The fourth-order valence-electron chi connectivity index (χ4n) is 2.94. The molecule has 22 heavy (non-hydrogen) atoms. The molecule has 3 aromatic rings. The molecule has 2 nitrogen and oxygen atoms in total. The summed E-state index contributed by atoms with van der Waals surface area (Å²) in [5, 5.41) is 10.5. The lowest BCUT2D eigenvalue weighted by Gasteiger charge is -2.05. The molecule has 106 valence electrons. The second kappa shape index (κ2) is 5.24. The maximum atomic E-state index is 10.5. The third-order valence-corrected chi connectivity index (χ3v) is 4.04. The number of nitrogens with zero attached hydrogens (tertiary/aromatic N) is 1. The van der Waals surface area contributed by atoms with E-state index in [0.717, 1.165) is 33.5 Å². The first kappa shape index (κ1) is 13.0. The van der Waals surface area contributed by atoms with Crippen molar-refractivity contribution in [2.45, 2.75) is 6.10 Å². The summed E-state index contributed by atoms with van der Waals surface area (Å²) in [5.41, 5.74) is 6.04. The maximum absolute atomic E-state index is 10.5. The van der Waals surface area contributed by atoms with Crippen molar-refractivity contribution >= 4 is 11.9 Å². The van der Waals surface area contributed by atoms with Gasteiger partial charge in [-0.25, -0.2) is 0 Å². The zero-order valence-corrected chi connectivity index (χ0v) is 12.0. The normalized spacial score (nSPS) is 15.8. The monoisotopic (exact) mass is 285 g/mol. The minimum atomic E-state index is -0.557. The van der Waals surface area contributed by atoms with Crippen LogP contribution >= 0.6 is 0 Å². The Bertz CT molecular complexity index is 853. The van der Waals surface area contributed by atoms with Gasteiger partial charge in [0.1, 0.15) is 6.10 Å². The lowest BCUT2D eigenvalue weighted by Crippen LogP contribution is -1.93. The fourth-order valence-corrected chi connectivity index (χ4v) is 2.94. The van der Waals surface area contributed by atoms with E-state index in [1.165, 1.54) is 0 Å². The van der Waals surface area contributed by atoms with Gasteiger partial charge in [0.05, 0.1) is 5.69 Å². The number of aliphatic hydroxyl groups is 1. The molecule has 0 bridgehead atoms. The number of rotatable bonds is 2. The van der Waals surface area contributed by atoms with E-state index >= 15 is 0 Å². The van der Waals surface area contributed by atoms with Gasteiger partial charge in [-0.1, -0.05) is 60.7 Å². The molecule has 1 atom stereocenters. The molecule has 0 saturated heterocycles. The summed E-state index contributed by atoms with van der Waals surface area (Å²) in [6, 6.07) is 24.0. The van der Waals surface area contributed by atoms with Gasteiger partial charge >= 0.3 is 0 Å². The number of benzene rings is 3. The molecule has 4 rings (SSSR count). The number of hydrogen-bond acceptors (Lipinski definition) is 2. The summed E-state index contributed by atoms with van der Waals surface area (Å²) in [6.45, 7) is 0. The van der Waals surface area contributed by atoms with Crippen LogP contribution in [0.5, 0.6) is 0 Å². The van der Waals surface area contributed by atoms with Crippen molar-refractivity contribution in [1.82, 2.24) is 0 Å².